The van der Waals surface area contributed by atoms with Crippen LogP contribution in [0.2, 0.25) is 0 Å². The number of imidazole rings is 2. The number of aromatic nitrogens is 4. The molecular formula is C16H14ClN5S. The molecule has 0 bridgehead atoms. The summed E-state index contributed by atoms with van der Waals surface area (Å²) < 4.78 is 3.31. The Morgan fingerprint density at radius 3 is 3.04 bits per heavy atom. The molecule has 2 heterocycles. The summed E-state index contributed by atoms with van der Waals surface area (Å²) in [5, 5.41) is 0.878. The van der Waals surface area contributed by atoms with E-state index in [1.165, 1.54) is 11.9 Å². The summed E-state index contributed by atoms with van der Waals surface area (Å²) in [4.78, 5) is 16.2. The molecule has 0 aliphatic heterocycles. The van der Waals surface area contributed by atoms with Gasteiger partial charge < -0.3 is 14.7 Å². The van der Waals surface area contributed by atoms with E-state index in [0.29, 0.717) is 0 Å². The van der Waals surface area contributed by atoms with E-state index in [1.54, 1.807) is 12.4 Å². The second-order valence-corrected chi connectivity index (χ2v) is 6.50. The second-order valence-electron chi connectivity index (χ2n) is 5.17. The molecule has 1 aromatic carbocycles. The lowest BCUT2D eigenvalue weighted by molar-refractivity contribution is 0.977. The zero-order valence-corrected chi connectivity index (χ0v) is 13.7. The Hall–Kier alpha value is -2.18. The van der Waals surface area contributed by atoms with E-state index in [0.717, 1.165) is 51.1 Å². The fourth-order valence-electron chi connectivity index (χ4n) is 2.40. The molecule has 0 fully saturated rings. The molecule has 0 radical (unpaired) electrons. The summed E-state index contributed by atoms with van der Waals surface area (Å²) in [6.07, 6.45) is 9.55. The molecular weight excluding hydrogens is 330 g/mol. The first-order valence-electron chi connectivity index (χ1n) is 7.27. The van der Waals surface area contributed by atoms with Gasteiger partial charge in [-0.25, -0.2) is 9.97 Å². The number of nitrogens with one attached hydrogen (secondary N) is 3. The molecule has 7 heteroatoms. The van der Waals surface area contributed by atoms with Crippen molar-refractivity contribution >= 4 is 34.6 Å². The Balaban J connectivity index is 1.56. The van der Waals surface area contributed by atoms with Crippen LogP contribution in [0.3, 0.4) is 0 Å². The topological polar surface area (TPSA) is 69.4 Å². The number of hydrogen-bond donors (Lipinski definition) is 3. The molecule has 3 aromatic rings. The van der Waals surface area contributed by atoms with Crippen molar-refractivity contribution in [3.05, 3.63) is 53.5 Å². The molecule has 0 unspecified atom stereocenters. The van der Waals surface area contributed by atoms with Gasteiger partial charge in [-0.05, 0) is 49.1 Å². The average molecular weight is 344 g/mol. The van der Waals surface area contributed by atoms with Gasteiger partial charge in [-0.1, -0.05) is 17.7 Å². The van der Waals surface area contributed by atoms with Crippen molar-refractivity contribution in [2.75, 3.05) is 0 Å². The Kier molecular flexibility index (Phi) is 3.85. The van der Waals surface area contributed by atoms with E-state index in [4.69, 9.17) is 11.6 Å². The first kappa shape index (κ1) is 14.4. The van der Waals surface area contributed by atoms with Crippen LogP contribution in [0, 0.1) is 0 Å². The van der Waals surface area contributed by atoms with E-state index in [9.17, 15) is 0 Å². The van der Waals surface area contributed by atoms with Gasteiger partial charge in [-0.3, -0.25) is 0 Å². The van der Waals surface area contributed by atoms with Gasteiger partial charge in [-0.2, -0.15) is 0 Å². The largest absolute Gasteiger partial charge is 0.342 e. The van der Waals surface area contributed by atoms with Gasteiger partial charge in [0.1, 0.15) is 0 Å². The molecule has 1 aliphatic carbocycles. The van der Waals surface area contributed by atoms with Crippen molar-refractivity contribution < 1.29 is 0 Å². The Morgan fingerprint density at radius 1 is 1.26 bits per heavy atom. The van der Waals surface area contributed by atoms with Crippen LogP contribution in [-0.4, -0.2) is 19.9 Å². The van der Waals surface area contributed by atoms with E-state index < -0.39 is 0 Å². The van der Waals surface area contributed by atoms with Gasteiger partial charge in [0.15, 0.2) is 11.6 Å². The van der Waals surface area contributed by atoms with E-state index >= 15 is 0 Å². The highest BCUT2D eigenvalue weighted by Gasteiger charge is 2.09. The highest BCUT2D eigenvalue weighted by molar-refractivity contribution is 7.97. The lowest BCUT2D eigenvalue weighted by Crippen LogP contribution is -2.05. The molecule has 0 saturated heterocycles. The van der Waals surface area contributed by atoms with E-state index in [1.807, 2.05) is 18.2 Å². The molecule has 2 aromatic heterocycles. The predicted octanol–water partition coefficient (Wildman–Crippen LogP) is 4.35. The standard InChI is InChI=1S/C16H14ClN5S/c17-11-3-1-2-4-12(11)22-23-10-5-6-13-14(9-10)21-16(20-13)15-18-7-8-19-15/h2,4-9,22H,1,3H2,(H,18,19)(H,20,21). The maximum absolute atomic E-state index is 6.23. The van der Waals surface area contributed by atoms with Crippen LogP contribution in [0.4, 0.5) is 0 Å². The summed E-state index contributed by atoms with van der Waals surface area (Å²) in [6.45, 7) is 0. The highest BCUT2D eigenvalue weighted by Crippen LogP contribution is 2.26. The predicted molar refractivity (Wildman–Crippen MR) is 93.9 cm³/mol. The van der Waals surface area contributed by atoms with E-state index in [2.05, 4.69) is 36.8 Å². The Labute approximate surface area is 142 Å². The Bertz CT molecular complexity index is 894. The SMILES string of the molecule is ClC1=C(NSc2ccc3nc(-c4ncc[nH]4)[nH]c3c2)C=CCC1. The van der Waals surface area contributed by atoms with Crippen molar-refractivity contribution in [3.8, 4) is 11.6 Å². The third-order valence-electron chi connectivity index (χ3n) is 3.56. The van der Waals surface area contributed by atoms with Crippen LogP contribution >= 0.6 is 23.5 Å². The normalized spacial score (nSPS) is 14.7. The molecule has 1 aliphatic rings. The van der Waals surface area contributed by atoms with Gasteiger partial charge in [0, 0.05) is 22.3 Å². The third kappa shape index (κ3) is 3.00. The first-order valence-corrected chi connectivity index (χ1v) is 8.46. The number of H-pyrrole nitrogens is 2. The van der Waals surface area contributed by atoms with Gasteiger partial charge in [-0.15, -0.1) is 0 Å². The van der Waals surface area contributed by atoms with Crippen molar-refractivity contribution in [3.63, 3.8) is 0 Å². The van der Waals surface area contributed by atoms with Crippen LogP contribution in [0.5, 0.6) is 0 Å². The number of aromatic amines is 2. The summed E-state index contributed by atoms with van der Waals surface area (Å²) >= 11 is 7.77. The zero-order chi connectivity index (χ0) is 15.6. The van der Waals surface area contributed by atoms with Crippen LogP contribution in [0.25, 0.3) is 22.7 Å². The summed E-state index contributed by atoms with van der Waals surface area (Å²) in [7, 11) is 0. The van der Waals surface area contributed by atoms with Crippen LogP contribution in [0.1, 0.15) is 12.8 Å². The number of rotatable bonds is 4. The zero-order valence-electron chi connectivity index (χ0n) is 12.1. The number of nitrogens with zero attached hydrogens (tertiary/aromatic N) is 2. The number of benzene rings is 1. The maximum Gasteiger partial charge on any atom is 0.174 e. The highest BCUT2D eigenvalue weighted by atomic mass is 35.5. The third-order valence-corrected chi connectivity index (χ3v) is 4.77. The number of halogens is 1. The monoisotopic (exact) mass is 343 g/mol. The van der Waals surface area contributed by atoms with Gasteiger partial charge in [0.2, 0.25) is 0 Å². The van der Waals surface area contributed by atoms with E-state index in [-0.39, 0.29) is 0 Å². The van der Waals surface area contributed by atoms with Crippen molar-refractivity contribution in [1.82, 2.24) is 24.7 Å². The summed E-state index contributed by atoms with van der Waals surface area (Å²) in [5.41, 5.74) is 2.86. The fourth-order valence-corrected chi connectivity index (χ4v) is 3.41. The minimum atomic E-state index is 0.734. The van der Waals surface area contributed by atoms with Crippen molar-refractivity contribution in [1.29, 1.82) is 0 Å². The van der Waals surface area contributed by atoms with Crippen molar-refractivity contribution in [2.45, 2.75) is 17.7 Å². The molecule has 4 rings (SSSR count). The lowest BCUT2D eigenvalue weighted by Gasteiger charge is -2.12. The molecule has 23 heavy (non-hydrogen) atoms. The minimum Gasteiger partial charge on any atom is -0.342 e. The van der Waals surface area contributed by atoms with Crippen molar-refractivity contribution in [2.24, 2.45) is 0 Å². The fraction of sp³-hybridized carbons (Fsp3) is 0.125. The molecule has 0 saturated carbocycles. The van der Waals surface area contributed by atoms with Crippen LogP contribution < -0.4 is 4.72 Å². The molecule has 116 valence electrons. The lowest BCUT2D eigenvalue weighted by atomic mass is 10.1. The molecule has 0 atom stereocenters. The molecule has 5 nitrogen and oxygen atoms in total. The number of allylic oxidation sites excluding steroid dienone is 3. The van der Waals surface area contributed by atoms with Crippen LogP contribution in [-0.2, 0) is 0 Å². The molecule has 0 spiro atoms. The minimum absolute atomic E-state index is 0.734. The second kappa shape index (κ2) is 6.14. The van der Waals surface area contributed by atoms with Crippen LogP contribution in [0.15, 0.2) is 58.4 Å². The summed E-state index contributed by atoms with van der Waals surface area (Å²) in [6, 6.07) is 6.09. The summed E-state index contributed by atoms with van der Waals surface area (Å²) in [5.74, 6) is 1.47. The smallest absolute Gasteiger partial charge is 0.174 e. The van der Waals surface area contributed by atoms with Gasteiger partial charge in [0.05, 0.1) is 16.7 Å². The first-order chi connectivity index (χ1) is 11.3. The molecule has 3 N–H and O–H groups in total. The number of hydrogen-bond acceptors (Lipinski definition) is 4. The van der Waals surface area contributed by atoms with Gasteiger partial charge in [0.25, 0.3) is 0 Å². The maximum atomic E-state index is 6.23. The van der Waals surface area contributed by atoms with Gasteiger partial charge >= 0.3 is 0 Å². The quantitative estimate of drug-likeness (QED) is 0.616. The molecule has 0 amide bonds. The Morgan fingerprint density at radius 2 is 2.22 bits per heavy atom. The number of fused-ring (bicyclic) bond motifs is 1. The average Bonchev–Trinajstić information content (AvgIpc) is 3.22.